The fourth-order valence-electron chi connectivity index (χ4n) is 3.28. The summed E-state index contributed by atoms with van der Waals surface area (Å²) in [6.45, 7) is 1.52. The van der Waals surface area contributed by atoms with E-state index in [0.29, 0.717) is 5.56 Å². The van der Waals surface area contributed by atoms with Gasteiger partial charge >= 0.3 is 11.1 Å². The topological polar surface area (TPSA) is 112 Å². The highest BCUT2D eigenvalue weighted by atomic mass is 35.5. The van der Waals surface area contributed by atoms with Crippen LogP contribution in [0.2, 0.25) is 10.0 Å². The number of H-pyrrole nitrogens is 2. The molecule has 0 aliphatic rings. The highest BCUT2D eigenvalue weighted by molar-refractivity contribution is 7.92. The number of sulfonamides is 1. The fourth-order valence-corrected chi connectivity index (χ4v) is 5.03. The van der Waals surface area contributed by atoms with Gasteiger partial charge in [0.2, 0.25) is 0 Å². The standard InChI is InChI=1S/C21H13Cl2F2N3O4S/c1-9-6-15-16(27-21(30)20(29)26-15)8-17(9)33(31,32)28-10-2-3-11(13(22)7-10)12-4-5-14(24)18(23)19(12)25/h2-8,28H,1H3,(H,26,29)(H,27,30). The molecule has 3 aromatic carbocycles. The molecule has 3 N–H and O–H groups in total. The number of nitrogens with one attached hydrogen (secondary N) is 3. The number of hydrogen-bond donors (Lipinski definition) is 3. The first kappa shape index (κ1) is 23.0. The number of anilines is 1. The largest absolute Gasteiger partial charge is 0.316 e. The van der Waals surface area contributed by atoms with Crippen molar-refractivity contribution < 1.29 is 17.2 Å². The normalized spacial score (nSPS) is 11.7. The summed E-state index contributed by atoms with van der Waals surface area (Å²) in [5.74, 6) is -1.92. The van der Waals surface area contributed by atoms with Crippen LogP contribution >= 0.6 is 23.2 Å². The highest BCUT2D eigenvalue weighted by Gasteiger charge is 2.20. The average Bonchev–Trinajstić information content (AvgIpc) is 2.73. The van der Waals surface area contributed by atoms with E-state index in [9.17, 15) is 26.8 Å². The first-order chi connectivity index (χ1) is 15.5. The van der Waals surface area contributed by atoms with E-state index in [-0.39, 0.29) is 37.8 Å². The Morgan fingerprint density at radius 1 is 0.879 bits per heavy atom. The number of hydrogen-bond acceptors (Lipinski definition) is 4. The van der Waals surface area contributed by atoms with Gasteiger partial charge in [0.25, 0.3) is 10.0 Å². The van der Waals surface area contributed by atoms with Gasteiger partial charge in [0.15, 0.2) is 5.82 Å². The summed E-state index contributed by atoms with van der Waals surface area (Å²) >= 11 is 11.9. The molecule has 0 atom stereocenters. The molecule has 4 rings (SSSR count). The van der Waals surface area contributed by atoms with Gasteiger partial charge in [-0.15, -0.1) is 0 Å². The van der Waals surface area contributed by atoms with Crippen molar-refractivity contribution in [2.75, 3.05) is 4.72 Å². The number of benzene rings is 3. The first-order valence-electron chi connectivity index (χ1n) is 9.21. The van der Waals surface area contributed by atoms with Crippen molar-refractivity contribution in [1.82, 2.24) is 9.97 Å². The third-order valence-electron chi connectivity index (χ3n) is 4.85. The van der Waals surface area contributed by atoms with Gasteiger partial charge in [-0.3, -0.25) is 14.3 Å². The minimum atomic E-state index is -4.14. The van der Waals surface area contributed by atoms with Gasteiger partial charge in [0.05, 0.1) is 26.6 Å². The molecule has 33 heavy (non-hydrogen) atoms. The van der Waals surface area contributed by atoms with E-state index in [1.54, 1.807) is 0 Å². The van der Waals surface area contributed by atoms with Gasteiger partial charge in [-0.05, 0) is 48.9 Å². The van der Waals surface area contributed by atoms with E-state index < -0.39 is 37.8 Å². The Morgan fingerprint density at radius 3 is 2.12 bits per heavy atom. The minimum absolute atomic E-state index is 0.00564. The SMILES string of the molecule is Cc1cc2[nH]c(=O)c(=O)[nH]c2cc1S(=O)(=O)Nc1ccc(-c2ccc(F)c(Cl)c2F)c(Cl)c1. The summed E-state index contributed by atoms with van der Waals surface area (Å²) in [6.07, 6.45) is 0. The van der Waals surface area contributed by atoms with E-state index in [4.69, 9.17) is 23.2 Å². The first-order valence-corrected chi connectivity index (χ1v) is 11.4. The molecule has 7 nitrogen and oxygen atoms in total. The summed E-state index contributed by atoms with van der Waals surface area (Å²) in [4.78, 5) is 27.6. The van der Waals surface area contributed by atoms with Crippen LogP contribution < -0.4 is 15.8 Å². The molecular formula is C21H13Cl2F2N3O4S. The Balaban J connectivity index is 1.72. The fraction of sp³-hybridized carbons (Fsp3) is 0.0476. The Labute approximate surface area is 195 Å². The monoisotopic (exact) mass is 511 g/mol. The van der Waals surface area contributed by atoms with Crippen molar-refractivity contribution in [2.45, 2.75) is 11.8 Å². The van der Waals surface area contributed by atoms with Gasteiger partial charge in [-0.25, -0.2) is 17.2 Å². The summed E-state index contributed by atoms with van der Waals surface area (Å²) in [5, 5.41) is -0.687. The third kappa shape index (κ3) is 4.24. The molecule has 0 saturated heterocycles. The van der Waals surface area contributed by atoms with Crippen LogP contribution in [0.15, 0.2) is 56.9 Å². The van der Waals surface area contributed by atoms with Gasteiger partial charge in [0, 0.05) is 11.1 Å². The molecule has 0 bridgehead atoms. The number of aromatic nitrogens is 2. The van der Waals surface area contributed by atoms with Crippen molar-refractivity contribution in [1.29, 1.82) is 0 Å². The van der Waals surface area contributed by atoms with E-state index in [1.807, 2.05) is 0 Å². The maximum Gasteiger partial charge on any atom is 0.314 e. The van der Waals surface area contributed by atoms with Crippen LogP contribution in [0.1, 0.15) is 5.56 Å². The van der Waals surface area contributed by atoms with Crippen molar-refractivity contribution in [3.63, 3.8) is 0 Å². The number of rotatable bonds is 4. The lowest BCUT2D eigenvalue weighted by Gasteiger charge is -2.13. The van der Waals surface area contributed by atoms with Crippen molar-refractivity contribution >= 4 is 49.9 Å². The summed E-state index contributed by atoms with van der Waals surface area (Å²) in [7, 11) is -4.14. The smallest absolute Gasteiger partial charge is 0.314 e. The Morgan fingerprint density at radius 2 is 1.48 bits per heavy atom. The van der Waals surface area contributed by atoms with E-state index in [2.05, 4.69) is 14.7 Å². The third-order valence-corrected chi connectivity index (χ3v) is 7.04. The molecule has 12 heteroatoms. The molecule has 0 radical (unpaired) electrons. The molecule has 0 aliphatic carbocycles. The molecule has 0 unspecified atom stereocenters. The lowest BCUT2D eigenvalue weighted by atomic mass is 10.0. The molecular weight excluding hydrogens is 499 g/mol. The number of fused-ring (bicyclic) bond motifs is 1. The number of halogens is 4. The van der Waals surface area contributed by atoms with Gasteiger partial charge in [-0.1, -0.05) is 29.3 Å². The number of aryl methyl sites for hydroxylation is 1. The molecule has 1 aromatic heterocycles. The van der Waals surface area contributed by atoms with Crippen LogP contribution in [-0.2, 0) is 10.0 Å². The predicted octanol–water partition coefficient (Wildman–Crippen LogP) is 4.58. The molecule has 0 aliphatic heterocycles. The molecule has 0 spiro atoms. The lowest BCUT2D eigenvalue weighted by Crippen LogP contribution is -2.29. The van der Waals surface area contributed by atoms with Crippen LogP contribution in [-0.4, -0.2) is 18.4 Å². The second-order valence-electron chi connectivity index (χ2n) is 7.09. The van der Waals surface area contributed by atoms with E-state index >= 15 is 0 Å². The summed E-state index contributed by atoms with van der Waals surface area (Å²) in [5.41, 5.74) is -0.865. The van der Waals surface area contributed by atoms with Crippen LogP contribution in [0.3, 0.4) is 0 Å². The molecule has 170 valence electrons. The zero-order chi connectivity index (χ0) is 24.1. The Bertz CT molecular complexity index is 1670. The van der Waals surface area contributed by atoms with Crippen molar-refractivity contribution in [3.8, 4) is 11.1 Å². The zero-order valence-electron chi connectivity index (χ0n) is 16.6. The van der Waals surface area contributed by atoms with Crippen LogP contribution in [0.25, 0.3) is 22.2 Å². The van der Waals surface area contributed by atoms with E-state index in [1.165, 1.54) is 43.3 Å². The number of aromatic amines is 2. The Kier molecular flexibility index (Phi) is 5.77. The average molecular weight is 512 g/mol. The summed E-state index contributed by atoms with van der Waals surface area (Å²) < 4.78 is 56.1. The lowest BCUT2D eigenvalue weighted by molar-refractivity contribution is 0.586. The molecule has 0 fully saturated rings. The highest BCUT2D eigenvalue weighted by Crippen LogP contribution is 2.35. The van der Waals surface area contributed by atoms with Crippen molar-refractivity contribution in [2.24, 2.45) is 0 Å². The van der Waals surface area contributed by atoms with Crippen LogP contribution in [0.4, 0.5) is 14.5 Å². The molecule has 0 saturated carbocycles. The quantitative estimate of drug-likeness (QED) is 0.275. The van der Waals surface area contributed by atoms with Gasteiger partial charge in [0.1, 0.15) is 10.8 Å². The summed E-state index contributed by atoms with van der Waals surface area (Å²) in [6, 6.07) is 8.78. The maximum absolute atomic E-state index is 14.4. The maximum atomic E-state index is 14.4. The second-order valence-corrected chi connectivity index (χ2v) is 9.53. The predicted molar refractivity (Wildman–Crippen MR) is 123 cm³/mol. The zero-order valence-corrected chi connectivity index (χ0v) is 18.9. The van der Waals surface area contributed by atoms with Crippen molar-refractivity contribution in [3.05, 3.63) is 90.4 Å². The van der Waals surface area contributed by atoms with Gasteiger partial charge < -0.3 is 9.97 Å². The minimum Gasteiger partial charge on any atom is -0.316 e. The second kappa shape index (κ2) is 8.29. The van der Waals surface area contributed by atoms with Gasteiger partial charge in [-0.2, -0.15) is 0 Å². The molecule has 0 amide bonds. The van der Waals surface area contributed by atoms with E-state index in [0.717, 1.165) is 6.07 Å². The molecule has 4 aromatic rings. The molecule has 1 heterocycles. The Hall–Kier alpha value is -3.21. The van der Waals surface area contributed by atoms with Crippen LogP contribution in [0.5, 0.6) is 0 Å². The van der Waals surface area contributed by atoms with Crippen LogP contribution in [0, 0.1) is 18.6 Å².